The van der Waals surface area contributed by atoms with Crippen LogP contribution in [-0.2, 0) is 24.0 Å². The van der Waals surface area contributed by atoms with Gasteiger partial charge in [-0.25, -0.2) is 4.79 Å². The molecule has 0 aliphatic rings. The second-order valence-electron chi connectivity index (χ2n) is 6.39. The molecular weight excluding hydrogens is 392 g/mol. The number of hydrogen-bond acceptors (Lipinski definition) is 7. The van der Waals surface area contributed by atoms with Crippen molar-refractivity contribution < 1.29 is 34.2 Å². The Balaban J connectivity index is 4.81. The summed E-state index contributed by atoms with van der Waals surface area (Å²) in [6.07, 6.45) is 1.49. The van der Waals surface area contributed by atoms with Gasteiger partial charge in [-0.3, -0.25) is 19.2 Å². The highest BCUT2D eigenvalue weighted by Crippen LogP contribution is 2.02. The molecule has 0 saturated heterocycles. The lowest BCUT2D eigenvalue weighted by molar-refractivity contribution is -0.143. The SMILES string of the molecule is CSCCC(N)C(=O)NC(CC(=O)O)C(=O)NCC(=O)NC(C(=O)O)C(C)C. The molecule has 28 heavy (non-hydrogen) atoms. The van der Waals surface area contributed by atoms with Crippen LogP contribution in [0.5, 0.6) is 0 Å². The Morgan fingerprint density at radius 3 is 2.11 bits per heavy atom. The van der Waals surface area contributed by atoms with Crippen LogP contribution in [0.3, 0.4) is 0 Å². The number of hydrogen-bond donors (Lipinski definition) is 6. The average Bonchev–Trinajstić information content (AvgIpc) is 2.60. The maximum Gasteiger partial charge on any atom is 0.326 e. The minimum absolute atomic E-state index is 0.350. The van der Waals surface area contributed by atoms with Crippen molar-refractivity contribution in [3.8, 4) is 0 Å². The van der Waals surface area contributed by atoms with E-state index in [-0.39, 0.29) is 5.92 Å². The Labute approximate surface area is 167 Å². The lowest BCUT2D eigenvalue weighted by atomic mass is 10.0. The molecule has 0 aliphatic heterocycles. The number of nitrogens with one attached hydrogen (secondary N) is 3. The molecule has 0 bridgehead atoms. The maximum absolute atomic E-state index is 12.2. The predicted octanol–water partition coefficient (Wildman–Crippen LogP) is -1.63. The van der Waals surface area contributed by atoms with Crippen LogP contribution < -0.4 is 21.7 Å². The first-order valence-electron chi connectivity index (χ1n) is 8.56. The molecule has 160 valence electrons. The first-order valence-corrected chi connectivity index (χ1v) is 9.95. The van der Waals surface area contributed by atoms with E-state index in [4.69, 9.17) is 15.9 Å². The van der Waals surface area contributed by atoms with Crippen molar-refractivity contribution in [1.29, 1.82) is 0 Å². The van der Waals surface area contributed by atoms with Gasteiger partial charge in [0.1, 0.15) is 12.1 Å². The predicted molar refractivity (Wildman–Crippen MR) is 103 cm³/mol. The van der Waals surface area contributed by atoms with Crippen molar-refractivity contribution >= 4 is 41.4 Å². The maximum atomic E-state index is 12.2. The van der Waals surface area contributed by atoms with Crippen molar-refractivity contribution in [2.24, 2.45) is 11.7 Å². The minimum atomic E-state index is -1.42. The van der Waals surface area contributed by atoms with Gasteiger partial charge in [0.25, 0.3) is 0 Å². The third-order valence-corrected chi connectivity index (χ3v) is 4.30. The second kappa shape index (κ2) is 12.9. The van der Waals surface area contributed by atoms with Gasteiger partial charge in [-0.2, -0.15) is 11.8 Å². The highest BCUT2D eigenvalue weighted by molar-refractivity contribution is 7.98. The molecule has 0 heterocycles. The number of amides is 3. The van der Waals surface area contributed by atoms with E-state index in [2.05, 4.69) is 16.0 Å². The number of rotatable bonds is 13. The van der Waals surface area contributed by atoms with Crippen molar-refractivity contribution in [2.45, 2.75) is 44.8 Å². The lowest BCUT2D eigenvalue weighted by Crippen LogP contribution is -2.54. The van der Waals surface area contributed by atoms with Crippen LogP contribution in [0.2, 0.25) is 0 Å². The van der Waals surface area contributed by atoms with Crippen molar-refractivity contribution in [3.05, 3.63) is 0 Å². The van der Waals surface area contributed by atoms with Crippen molar-refractivity contribution in [1.82, 2.24) is 16.0 Å². The highest BCUT2D eigenvalue weighted by atomic mass is 32.2. The molecule has 0 aromatic carbocycles. The molecule has 0 radical (unpaired) electrons. The van der Waals surface area contributed by atoms with Gasteiger partial charge in [-0.05, 0) is 24.3 Å². The van der Waals surface area contributed by atoms with Gasteiger partial charge >= 0.3 is 11.9 Å². The number of carboxylic acid groups (broad SMARTS) is 2. The fraction of sp³-hybridized carbons (Fsp3) is 0.688. The first kappa shape index (κ1) is 25.7. The topological polar surface area (TPSA) is 188 Å². The summed E-state index contributed by atoms with van der Waals surface area (Å²) in [4.78, 5) is 58.1. The van der Waals surface area contributed by atoms with Crippen LogP contribution in [0.1, 0.15) is 26.7 Å². The summed E-state index contributed by atoms with van der Waals surface area (Å²) >= 11 is 1.48. The molecule has 0 aliphatic carbocycles. The molecule has 0 saturated carbocycles. The molecular formula is C16H28N4O7S. The van der Waals surface area contributed by atoms with Crippen LogP contribution in [0.25, 0.3) is 0 Å². The molecule has 3 unspecified atom stereocenters. The van der Waals surface area contributed by atoms with Crippen LogP contribution in [0, 0.1) is 5.92 Å². The summed E-state index contributed by atoms with van der Waals surface area (Å²) in [5, 5.41) is 24.7. The summed E-state index contributed by atoms with van der Waals surface area (Å²) < 4.78 is 0. The number of thioether (sulfide) groups is 1. The number of carbonyl (C=O) groups excluding carboxylic acids is 3. The van der Waals surface area contributed by atoms with Crippen molar-refractivity contribution in [3.63, 3.8) is 0 Å². The van der Waals surface area contributed by atoms with E-state index in [1.165, 1.54) is 11.8 Å². The Bertz CT molecular complexity index is 585. The molecule has 11 nitrogen and oxygen atoms in total. The molecule has 7 N–H and O–H groups in total. The summed E-state index contributed by atoms with van der Waals surface area (Å²) in [7, 11) is 0. The van der Waals surface area contributed by atoms with E-state index in [0.717, 1.165) is 0 Å². The molecule has 0 aromatic heterocycles. The van der Waals surface area contributed by atoms with E-state index in [0.29, 0.717) is 12.2 Å². The Kier molecular flexibility index (Phi) is 11.9. The van der Waals surface area contributed by atoms with Gasteiger partial charge in [-0.15, -0.1) is 0 Å². The molecule has 3 atom stereocenters. The normalized spacial score (nSPS) is 13.9. The smallest absolute Gasteiger partial charge is 0.326 e. The largest absolute Gasteiger partial charge is 0.481 e. The van der Waals surface area contributed by atoms with E-state index >= 15 is 0 Å². The fourth-order valence-electron chi connectivity index (χ4n) is 2.07. The van der Waals surface area contributed by atoms with Crippen molar-refractivity contribution in [2.75, 3.05) is 18.6 Å². The van der Waals surface area contributed by atoms with E-state index in [9.17, 15) is 24.0 Å². The van der Waals surface area contributed by atoms with Crippen LogP contribution in [-0.4, -0.2) is 76.6 Å². The highest BCUT2D eigenvalue weighted by Gasteiger charge is 2.27. The molecule has 12 heteroatoms. The van der Waals surface area contributed by atoms with Gasteiger partial charge in [0.15, 0.2) is 0 Å². The standard InChI is InChI=1S/C16H28N4O7S/c1-8(2)13(16(26)27)20-11(21)7-18-15(25)10(6-12(22)23)19-14(24)9(17)4-5-28-3/h8-10,13H,4-7,17H2,1-3H3,(H,18,25)(H,19,24)(H,20,21)(H,22,23)(H,26,27). The van der Waals surface area contributed by atoms with Crippen LogP contribution in [0.4, 0.5) is 0 Å². The second-order valence-corrected chi connectivity index (χ2v) is 7.38. The monoisotopic (exact) mass is 420 g/mol. The van der Waals surface area contributed by atoms with Gasteiger partial charge < -0.3 is 31.9 Å². The van der Waals surface area contributed by atoms with Gasteiger partial charge in [0.2, 0.25) is 17.7 Å². The number of carboxylic acids is 2. The molecule has 3 amide bonds. The Hall–Kier alpha value is -2.34. The summed E-state index contributed by atoms with van der Waals surface area (Å²) in [6.45, 7) is 2.65. The summed E-state index contributed by atoms with van der Waals surface area (Å²) in [5.74, 6) is -4.63. The quantitative estimate of drug-likeness (QED) is 0.203. The summed E-state index contributed by atoms with van der Waals surface area (Å²) in [6, 6.07) is -3.45. The molecule has 0 spiro atoms. The minimum Gasteiger partial charge on any atom is -0.481 e. The fourth-order valence-corrected chi connectivity index (χ4v) is 2.56. The molecule has 0 fully saturated rings. The number of nitrogens with two attached hydrogens (primary N) is 1. The molecule has 0 aromatic rings. The van der Waals surface area contributed by atoms with Gasteiger partial charge in [0, 0.05) is 0 Å². The van der Waals surface area contributed by atoms with E-state index in [1.54, 1.807) is 13.8 Å². The zero-order chi connectivity index (χ0) is 21.9. The molecule has 0 rings (SSSR count). The zero-order valence-electron chi connectivity index (χ0n) is 16.1. The third kappa shape index (κ3) is 10.1. The lowest BCUT2D eigenvalue weighted by Gasteiger charge is -2.20. The first-order chi connectivity index (χ1) is 13.0. The van der Waals surface area contributed by atoms with Crippen LogP contribution in [0.15, 0.2) is 0 Å². The summed E-state index contributed by atoms with van der Waals surface area (Å²) in [5.41, 5.74) is 5.69. The van der Waals surface area contributed by atoms with Gasteiger partial charge in [-0.1, -0.05) is 13.8 Å². The van der Waals surface area contributed by atoms with E-state index < -0.39 is 60.8 Å². The van der Waals surface area contributed by atoms with E-state index in [1.807, 2.05) is 6.26 Å². The van der Waals surface area contributed by atoms with Gasteiger partial charge in [0.05, 0.1) is 19.0 Å². The zero-order valence-corrected chi connectivity index (χ0v) is 16.9. The number of carbonyl (C=O) groups is 5. The van der Waals surface area contributed by atoms with Crippen LogP contribution >= 0.6 is 11.8 Å². The average molecular weight is 420 g/mol. The number of aliphatic carboxylic acids is 2. The Morgan fingerprint density at radius 2 is 1.64 bits per heavy atom. The third-order valence-electron chi connectivity index (χ3n) is 3.65. The Morgan fingerprint density at radius 1 is 1.04 bits per heavy atom.